The SMILES string of the molecule is C=CCC.CC(C)C(=O)O. The lowest BCUT2D eigenvalue weighted by atomic mass is 10.2. The normalized spacial score (nSPS) is 8.00. The predicted molar refractivity (Wildman–Crippen MR) is 43.0 cm³/mol. The van der Waals surface area contributed by atoms with E-state index in [1.807, 2.05) is 6.08 Å². The maximum absolute atomic E-state index is 9.70. The van der Waals surface area contributed by atoms with Crippen LogP contribution in [0.2, 0.25) is 0 Å². The standard InChI is InChI=1S/C4H8O2.C4H8/c1-3(2)4(5)6;1-3-4-2/h3H,1-2H3,(H,5,6);3H,1,4H2,2H3. The number of rotatable bonds is 2. The minimum Gasteiger partial charge on any atom is -0.481 e. The second-order valence-corrected chi connectivity index (χ2v) is 2.19. The molecule has 0 aromatic carbocycles. The molecular weight excluding hydrogens is 128 g/mol. The topological polar surface area (TPSA) is 37.3 Å². The Morgan fingerprint density at radius 1 is 1.70 bits per heavy atom. The number of hydrogen-bond donors (Lipinski definition) is 1. The van der Waals surface area contributed by atoms with Gasteiger partial charge in [0, 0.05) is 0 Å². The number of allylic oxidation sites excluding steroid dienone is 1. The summed E-state index contributed by atoms with van der Waals surface area (Å²) >= 11 is 0. The fourth-order valence-corrected chi connectivity index (χ4v) is 0. The monoisotopic (exact) mass is 144 g/mol. The lowest BCUT2D eigenvalue weighted by molar-refractivity contribution is -0.140. The van der Waals surface area contributed by atoms with E-state index >= 15 is 0 Å². The summed E-state index contributed by atoms with van der Waals surface area (Å²) in [6.45, 7) is 8.82. The Balaban J connectivity index is 0. The average Bonchev–Trinajstić information content (AvgIpc) is 1.89. The van der Waals surface area contributed by atoms with Crippen LogP contribution in [0.25, 0.3) is 0 Å². The second kappa shape index (κ2) is 8.21. The summed E-state index contributed by atoms with van der Waals surface area (Å²) < 4.78 is 0. The first kappa shape index (κ1) is 11.9. The van der Waals surface area contributed by atoms with Gasteiger partial charge >= 0.3 is 5.97 Å². The number of aliphatic carboxylic acids is 1. The molecule has 0 radical (unpaired) electrons. The molecule has 0 heterocycles. The number of hydrogen-bond acceptors (Lipinski definition) is 1. The molecule has 0 aliphatic rings. The Labute approximate surface area is 62.6 Å². The van der Waals surface area contributed by atoms with Crippen LogP contribution >= 0.6 is 0 Å². The van der Waals surface area contributed by atoms with Gasteiger partial charge in [-0.25, -0.2) is 0 Å². The van der Waals surface area contributed by atoms with Gasteiger partial charge in [0.25, 0.3) is 0 Å². The highest BCUT2D eigenvalue weighted by Gasteiger charge is 1.99. The molecule has 0 spiro atoms. The zero-order valence-electron chi connectivity index (χ0n) is 6.92. The highest BCUT2D eigenvalue weighted by Crippen LogP contribution is 1.87. The Hall–Kier alpha value is -0.790. The zero-order chi connectivity index (χ0) is 8.57. The average molecular weight is 144 g/mol. The molecule has 60 valence electrons. The quantitative estimate of drug-likeness (QED) is 0.604. The molecule has 0 bridgehead atoms. The van der Waals surface area contributed by atoms with Crippen molar-refractivity contribution in [3.63, 3.8) is 0 Å². The van der Waals surface area contributed by atoms with Crippen LogP contribution in [-0.4, -0.2) is 11.1 Å². The van der Waals surface area contributed by atoms with Crippen LogP contribution in [0.1, 0.15) is 27.2 Å². The highest BCUT2D eigenvalue weighted by molar-refractivity contribution is 5.68. The van der Waals surface area contributed by atoms with Gasteiger partial charge in [-0.2, -0.15) is 0 Å². The van der Waals surface area contributed by atoms with Crippen molar-refractivity contribution in [2.45, 2.75) is 27.2 Å². The molecule has 2 nitrogen and oxygen atoms in total. The van der Waals surface area contributed by atoms with Gasteiger partial charge in [-0.05, 0) is 6.42 Å². The molecule has 0 aliphatic heterocycles. The molecule has 0 amide bonds. The van der Waals surface area contributed by atoms with E-state index in [1.54, 1.807) is 13.8 Å². The summed E-state index contributed by atoms with van der Waals surface area (Å²) in [7, 11) is 0. The van der Waals surface area contributed by atoms with Crippen LogP contribution in [0.15, 0.2) is 12.7 Å². The van der Waals surface area contributed by atoms with Crippen LogP contribution in [0.5, 0.6) is 0 Å². The molecule has 0 fully saturated rings. The van der Waals surface area contributed by atoms with E-state index in [4.69, 9.17) is 5.11 Å². The predicted octanol–water partition coefficient (Wildman–Crippen LogP) is 2.31. The molecule has 1 N–H and O–H groups in total. The largest absolute Gasteiger partial charge is 0.481 e. The van der Waals surface area contributed by atoms with E-state index in [-0.39, 0.29) is 5.92 Å². The van der Waals surface area contributed by atoms with E-state index < -0.39 is 5.97 Å². The molecule has 2 heteroatoms. The molecule has 0 aromatic rings. The van der Waals surface area contributed by atoms with Crippen molar-refractivity contribution in [1.82, 2.24) is 0 Å². The zero-order valence-corrected chi connectivity index (χ0v) is 6.92. The number of carboxylic acid groups (broad SMARTS) is 1. The number of carboxylic acids is 1. The van der Waals surface area contributed by atoms with Gasteiger partial charge in [0.15, 0.2) is 0 Å². The van der Waals surface area contributed by atoms with Gasteiger partial charge in [0.05, 0.1) is 5.92 Å². The van der Waals surface area contributed by atoms with Crippen LogP contribution in [0.3, 0.4) is 0 Å². The highest BCUT2D eigenvalue weighted by atomic mass is 16.4. The molecule has 10 heavy (non-hydrogen) atoms. The lowest BCUT2D eigenvalue weighted by Crippen LogP contribution is -2.03. The molecule has 0 rings (SSSR count). The minimum absolute atomic E-state index is 0.231. The van der Waals surface area contributed by atoms with E-state index in [9.17, 15) is 4.79 Å². The van der Waals surface area contributed by atoms with E-state index in [0.717, 1.165) is 6.42 Å². The third-order valence-corrected chi connectivity index (χ3v) is 0.783. The summed E-state index contributed by atoms with van der Waals surface area (Å²) in [6, 6.07) is 0. The van der Waals surface area contributed by atoms with Crippen molar-refractivity contribution in [2.75, 3.05) is 0 Å². The van der Waals surface area contributed by atoms with E-state index in [1.165, 1.54) is 0 Å². The molecule has 0 saturated carbocycles. The van der Waals surface area contributed by atoms with Crippen molar-refractivity contribution in [2.24, 2.45) is 5.92 Å². The van der Waals surface area contributed by atoms with E-state index in [0.29, 0.717) is 0 Å². The van der Waals surface area contributed by atoms with Crippen molar-refractivity contribution in [3.8, 4) is 0 Å². The fourth-order valence-electron chi connectivity index (χ4n) is 0. The molecule has 0 aliphatic carbocycles. The molecule has 0 saturated heterocycles. The lowest BCUT2D eigenvalue weighted by Gasteiger charge is -1.89. The smallest absolute Gasteiger partial charge is 0.305 e. The van der Waals surface area contributed by atoms with Gasteiger partial charge in [-0.3, -0.25) is 4.79 Å². The maximum Gasteiger partial charge on any atom is 0.305 e. The summed E-state index contributed by atoms with van der Waals surface area (Å²) in [4.78, 5) is 9.70. The first-order valence-corrected chi connectivity index (χ1v) is 3.39. The van der Waals surface area contributed by atoms with Gasteiger partial charge in [0.1, 0.15) is 0 Å². The van der Waals surface area contributed by atoms with Crippen LogP contribution in [0, 0.1) is 5.92 Å². The summed E-state index contributed by atoms with van der Waals surface area (Å²) in [5.41, 5.74) is 0. The summed E-state index contributed by atoms with van der Waals surface area (Å²) in [6.07, 6.45) is 2.96. The minimum atomic E-state index is -0.741. The van der Waals surface area contributed by atoms with Crippen molar-refractivity contribution in [3.05, 3.63) is 12.7 Å². The molecule has 0 unspecified atom stereocenters. The third-order valence-electron chi connectivity index (χ3n) is 0.783. The van der Waals surface area contributed by atoms with Crippen LogP contribution in [-0.2, 0) is 4.79 Å². The van der Waals surface area contributed by atoms with Crippen LogP contribution < -0.4 is 0 Å². The third kappa shape index (κ3) is 15.7. The Morgan fingerprint density at radius 2 is 1.90 bits per heavy atom. The molecule has 0 atom stereocenters. The Kier molecular flexibility index (Phi) is 9.80. The van der Waals surface area contributed by atoms with Gasteiger partial charge in [-0.1, -0.05) is 26.8 Å². The summed E-state index contributed by atoms with van der Waals surface area (Å²) in [5, 5.41) is 7.99. The summed E-state index contributed by atoms with van der Waals surface area (Å²) in [5.74, 6) is -0.972. The fraction of sp³-hybridized carbons (Fsp3) is 0.625. The van der Waals surface area contributed by atoms with Gasteiger partial charge in [-0.15, -0.1) is 6.58 Å². The van der Waals surface area contributed by atoms with Crippen molar-refractivity contribution in [1.29, 1.82) is 0 Å². The van der Waals surface area contributed by atoms with Crippen molar-refractivity contribution >= 4 is 5.97 Å². The Bertz CT molecular complexity index is 95.4. The maximum atomic E-state index is 9.70. The number of carbonyl (C=O) groups is 1. The van der Waals surface area contributed by atoms with Crippen molar-refractivity contribution < 1.29 is 9.90 Å². The van der Waals surface area contributed by atoms with Gasteiger partial charge < -0.3 is 5.11 Å². The Morgan fingerprint density at radius 3 is 1.90 bits per heavy atom. The van der Waals surface area contributed by atoms with E-state index in [2.05, 4.69) is 13.5 Å². The first-order chi connectivity index (χ1) is 4.56. The molecular formula is C8H16O2. The first-order valence-electron chi connectivity index (χ1n) is 3.39. The van der Waals surface area contributed by atoms with Gasteiger partial charge in [0.2, 0.25) is 0 Å². The second-order valence-electron chi connectivity index (χ2n) is 2.19. The molecule has 0 aromatic heterocycles. The van der Waals surface area contributed by atoms with Crippen LogP contribution in [0.4, 0.5) is 0 Å².